The van der Waals surface area contributed by atoms with Gasteiger partial charge in [0.05, 0.1) is 28.0 Å². The van der Waals surface area contributed by atoms with E-state index in [1.54, 1.807) is 6.07 Å². The predicted molar refractivity (Wildman–Crippen MR) is 98.7 cm³/mol. The lowest BCUT2D eigenvalue weighted by Gasteiger charge is -2.10. The van der Waals surface area contributed by atoms with E-state index < -0.39 is 0 Å². The Hall–Kier alpha value is -3.19. The standard InChI is InChI=1S/C18H19N7/c19-8-7-11(17-22-12-3-1-2-4-13(12)23-17)18-24-14-6-5-10(16(20)21)9-15(14)25-18/h1-6,9,11H,7-8,19H2,(H3,20,21)(H,22,23)(H,24,25). The molecule has 0 spiro atoms. The van der Waals surface area contributed by atoms with Crippen LogP contribution in [0.25, 0.3) is 22.1 Å². The normalized spacial score (nSPS) is 12.7. The Kier molecular flexibility index (Phi) is 3.70. The van der Waals surface area contributed by atoms with Crippen molar-refractivity contribution in [3.63, 3.8) is 0 Å². The van der Waals surface area contributed by atoms with E-state index in [4.69, 9.17) is 26.8 Å². The van der Waals surface area contributed by atoms with Crippen molar-refractivity contribution < 1.29 is 0 Å². The van der Waals surface area contributed by atoms with Gasteiger partial charge in [0.1, 0.15) is 17.5 Å². The van der Waals surface area contributed by atoms with Crippen LogP contribution in [-0.4, -0.2) is 32.3 Å². The minimum atomic E-state index is -0.0504. The fourth-order valence-electron chi connectivity index (χ4n) is 3.07. The van der Waals surface area contributed by atoms with Gasteiger partial charge >= 0.3 is 0 Å². The minimum Gasteiger partial charge on any atom is -0.384 e. The molecule has 0 aliphatic carbocycles. The van der Waals surface area contributed by atoms with Gasteiger partial charge in [-0.05, 0) is 43.3 Å². The molecule has 0 saturated carbocycles. The second-order valence-electron chi connectivity index (χ2n) is 6.04. The molecule has 126 valence electrons. The van der Waals surface area contributed by atoms with Crippen LogP contribution >= 0.6 is 0 Å². The number of rotatable bonds is 5. The molecule has 0 amide bonds. The van der Waals surface area contributed by atoms with Crippen LogP contribution in [0.4, 0.5) is 0 Å². The van der Waals surface area contributed by atoms with E-state index in [2.05, 4.69) is 9.97 Å². The molecule has 0 aliphatic rings. The average molecular weight is 333 g/mol. The minimum absolute atomic E-state index is 0.0360. The van der Waals surface area contributed by atoms with E-state index >= 15 is 0 Å². The molecule has 1 unspecified atom stereocenters. The summed E-state index contributed by atoms with van der Waals surface area (Å²) in [5.41, 5.74) is 15.7. The average Bonchev–Trinajstić information content (AvgIpc) is 3.22. The fraction of sp³-hybridized carbons (Fsp3) is 0.167. The maximum atomic E-state index is 7.58. The number of aromatic nitrogens is 4. The monoisotopic (exact) mass is 333 g/mol. The number of fused-ring (bicyclic) bond motifs is 2. The van der Waals surface area contributed by atoms with Crippen LogP contribution in [0.3, 0.4) is 0 Å². The number of amidine groups is 1. The van der Waals surface area contributed by atoms with E-state index in [0.717, 1.165) is 40.1 Å². The van der Waals surface area contributed by atoms with Gasteiger partial charge in [-0.25, -0.2) is 9.97 Å². The molecule has 7 heteroatoms. The number of hydrogen-bond acceptors (Lipinski definition) is 4. The van der Waals surface area contributed by atoms with Gasteiger partial charge in [-0.1, -0.05) is 12.1 Å². The van der Waals surface area contributed by atoms with Gasteiger partial charge in [0, 0.05) is 5.56 Å². The van der Waals surface area contributed by atoms with Crippen molar-refractivity contribution in [3.8, 4) is 0 Å². The first-order valence-electron chi connectivity index (χ1n) is 8.14. The van der Waals surface area contributed by atoms with Gasteiger partial charge in [0.15, 0.2) is 0 Å². The summed E-state index contributed by atoms with van der Waals surface area (Å²) >= 11 is 0. The number of hydrogen-bond donors (Lipinski definition) is 5. The second-order valence-corrected chi connectivity index (χ2v) is 6.04. The Balaban J connectivity index is 1.80. The molecule has 4 rings (SSSR count). The van der Waals surface area contributed by atoms with Gasteiger partial charge in [-0.15, -0.1) is 0 Å². The molecule has 4 aromatic rings. The third kappa shape index (κ3) is 2.74. The number of nitrogen functional groups attached to an aromatic ring is 1. The molecule has 0 radical (unpaired) electrons. The molecule has 0 saturated heterocycles. The van der Waals surface area contributed by atoms with E-state index in [0.29, 0.717) is 12.1 Å². The van der Waals surface area contributed by atoms with Crippen molar-refractivity contribution in [3.05, 3.63) is 59.7 Å². The van der Waals surface area contributed by atoms with Crippen molar-refractivity contribution >= 4 is 27.9 Å². The van der Waals surface area contributed by atoms with Gasteiger partial charge < -0.3 is 21.4 Å². The second kappa shape index (κ2) is 6.03. The number of nitrogens with two attached hydrogens (primary N) is 2. The lowest BCUT2D eigenvalue weighted by molar-refractivity contribution is 0.662. The van der Waals surface area contributed by atoms with Crippen molar-refractivity contribution in [2.45, 2.75) is 12.3 Å². The highest BCUT2D eigenvalue weighted by atomic mass is 15.0. The molecule has 7 nitrogen and oxygen atoms in total. The summed E-state index contributed by atoms with van der Waals surface area (Å²) in [5, 5.41) is 7.58. The highest BCUT2D eigenvalue weighted by molar-refractivity contribution is 5.97. The van der Waals surface area contributed by atoms with Gasteiger partial charge in [-0.2, -0.15) is 0 Å². The number of benzene rings is 2. The number of nitrogens with zero attached hydrogens (tertiary/aromatic N) is 2. The fourth-order valence-corrected chi connectivity index (χ4v) is 3.07. The number of H-pyrrole nitrogens is 2. The van der Waals surface area contributed by atoms with Crippen LogP contribution in [-0.2, 0) is 0 Å². The van der Waals surface area contributed by atoms with Crippen LogP contribution in [0.5, 0.6) is 0 Å². The first kappa shape index (κ1) is 15.3. The quantitative estimate of drug-likeness (QED) is 0.283. The smallest absolute Gasteiger partial charge is 0.122 e. The Morgan fingerprint density at radius 3 is 2.36 bits per heavy atom. The molecular formula is C18H19N7. The summed E-state index contributed by atoms with van der Waals surface area (Å²) < 4.78 is 0. The topological polar surface area (TPSA) is 133 Å². The Labute approximate surface area is 144 Å². The summed E-state index contributed by atoms with van der Waals surface area (Å²) in [4.78, 5) is 16.1. The molecule has 2 heterocycles. The molecule has 2 aromatic heterocycles. The van der Waals surface area contributed by atoms with Crippen molar-refractivity contribution in [2.75, 3.05) is 6.54 Å². The van der Waals surface area contributed by atoms with E-state index in [-0.39, 0.29) is 11.8 Å². The van der Waals surface area contributed by atoms with E-state index in [1.807, 2.05) is 36.4 Å². The number of aromatic amines is 2. The first-order chi connectivity index (χ1) is 12.2. The molecule has 7 N–H and O–H groups in total. The molecule has 25 heavy (non-hydrogen) atoms. The summed E-state index contributed by atoms with van der Waals surface area (Å²) in [5.74, 6) is 1.64. The summed E-state index contributed by atoms with van der Waals surface area (Å²) in [6.45, 7) is 0.525. The number of para-hydroxylation sites is 2. The lowest BCUT2D eigenvalue weighted by atomic mass is 10.0. The van der Waals surface area contributed by atoms with Gasteiger partial charge in [0.25, 0.3) is 0 Å². The van der Waals surface area contributed by atoms with Crippen molar-refractivity contribution in [1.82, 2.24) is 19.9 Å². The zero-order valence-electron chi connectivity index (χ0n) is 13.6. The maximum absolute atomic E-state index is 7.58. The summed E-state index contributed by atoms with van der Waals surface area (Å²) in [6, 6.07) is 13.4. The Bertz CT molecular complexity index is 1030. The highest BCUT2D eigenvalue weighted by Crippen LogP contribution is 2.27. The third-order valence-corrected chi connectivity index (χ3v) is 4.33. The number of imidazole rings is 2. The molecule has 0 bridgehead atoms. The van der Waals surface area contributed by atoms with Crippen LogP contribution < -0.4 is 11.5 Å². The first-order valence-corrected chi connectivity index (χ1v) is 8.14. The van der Waals surface area contributed by atoms with Crippen LogP contribution in [0.1, 0.15) is 29.6 Å². The predicted octanol–water partition coefficient (Wildman–Crippen LogP) is 2.20. The van der Waals surface area contributed by atoms with Crippen LogP contribution in [0.2, 0.25) is 0 Å². The maximum Gasteiger partial charge on any atom is 0.122 e. The van der Waals surface area contributed by atoms with Crippen LogP contribution in [0.15, 0.2) is 42.5 Å². The molecule has 2 aromatic carbocycles. The summed E-state index contributed by atoms with van der Waals surface area (Å²) in [6.07, 6.45) is 0.721. The zero-order valence-corrected chi connectivity index (χ0v) is 13.6. The van der Waals surface area contributed by atoms with Crippen LogP contribution in [0, 0.1) is 5.41 Å². The molecule has 0 fully saturated rings. The Morgan fingerprint density at radius 1 is 1.00 bits per heavy atom. The SMILES string of the molecule is N=C(N)c1ccc2nc(C(CCN)c3nc4ccccc4[nH]3)[nH]c2c1. The number of nitrogens with one attached hydrogen (secondary N) is 3. The van der Waals surface area contributed by atoms with E-state index in [9.17, 15) is 0 Å². The lowest BCUT2D eigenvalue weighted by Crippen LogP contribution is -2.11. The molecule has 1 atom stereocenters. The molecular weight excluding hydrogens is 314 g/mol. The highest BCUT2D eigenvalue weighted by Gasteiger charge is 2.21. The molecule has 0 aliphatic heterocycles. The summed E-state index contributed by atoms with van der Waals surface area (Å²) in [7, 11) is 0. The van der Waals surface area contributed by atoms with Gasteiger partial charge in [-0.3, -0.25) is 5.41 Å². The largest absolute Gasteiger partial charge is 0.384 e. The van der Waals surface area contributed by atoms with E-state index in [1.165, 1.54) is 0 Å². The zero-order chi connectivity index (χ0) is 17.4. The van der Waals surface area contributed by atoms with Crippen molar-refractivity contribution in [2.24, 2.45) is 11.5 Å². The van der Waals surface area contributed by atoms with Gasteiger partial charge in [0.2, 0.25) is 0 Å². The Morgan fingerprint density at radius 2 is 1.68 bits per heavy atom. The third-order valence-electron chi connectivity index (χ3n) is 4.33. The van der Waals surface area contributed by atoms with Crippen molar-refractivity contribution in [1.29, 1.82) is 5.41 Å².